The van der Waals surface area contributed by atoms with E-state index in [1.54, 1.807) is 0 Å². The van der Waals surface area contributed by atoms with Crippen LogP contribution in [0.2, 0.25) is 0 Å². The maximum Gasteiger partial charge on any atom is 0.293 e. The van der Waals surface area contributed by atoms with Gasteiger partial charge in [-0.2, -0.15) is 0 Å². The number of nitro benzene ring substituents is 1. The Labute approximate surface area is 91.5 Å². The quantitative estimate of drug-likeness (QED) is 0.593. The first-order chi connectivity index (χ1) is 7.23. The van der Waals surface area contributed by atoms with Crippen molar-refractivity contribution < 1.29 is 17.7 Å². The summed E-state index contributed by atoms with van der Waals surface area (Å²) in [5.74, 6) is -0.740. The van der Waals surface area contributed by atoms with Gasteiger partial charge in [0.25, 0.3) is 5.69 Å². The highest BCUT2D eigenvalue weighted by atomic mass is 32.2. The first-order valence-corrected chi connectivity index (χ1v) is 5.96. The lowest BCUT2D eigenvalue weighted by atomic mass is 10.2. The zero-order chi connectivity index (χ0) is 12.5. The maximum atomic E-state index is 12.9. The molecular weight excluding hydrogens is 239 g/mol. The zero-order valence-corrected chi connectivity index (χ0v) is 9.36. The summed E-state index contributed by atoms with van der Waals surface area (Å²) in [6.45, 7) is 0. The Balaban J connectivity index is 3.42. The van der Waals surface area contributed by atoms with E-state index in [0.29, 0.717) is 4.31 Å². The summed E-state index contributed by atoms with van der Waals surface area (Å²) in [7, 11) is -2.54. The van der Waals surface area contributed by atoms with E-state index >= 15 is 0 Å². The van der Waals surface area contributed by atoms with Crippen molar-refractivity contribution in [2.75, 3.05) is 17.6 Å². The molecule has 0 unspecified atom stereocenters. The number of rotatable bonds is 3. The third-order valence-corrected chi connectivity index (χ3v) is 3.16. The molecule has 1 aromatic carbocycles. The third-order valence-electron chi connectivity index (χ3n) is 1.97. The summed E-state index contributed by atoms with van der Waals surface area (Å²) in [5, 5.41) is 10.6. The van der Waals surface area contributed by atoms with Crippen LogP contribution in [0.1, 0.15) is 0 Å². The van der Waals surface area contributed by atoms with Gasteiger partial charge >= 0.3 is 0 Å². The van der Waals surface area contributed by atoms with E-state index in [9.17, 15) is 22.9 Å². The van der Waals surface area contributed by atoms with Crippen LogP contribution in [-0.4, -0.2) is 26.6 Å². The van der Waals surface area contributed by atoms with Gasteiger partial charge in [0, 0.05) is 19.2 Å². The van der Waals surface area contributed by atoms with E-state index in [4.69, 9.17) is 0 Å². The molecule has 0 bridgehead atoms. The van der Waals surface area contributed by atoms with Crippen molar-refractivity contribution in [3.8, 4) is 0 Å². The standard InChI is InChI=1S/C8H9FN2O4S/c1-10(16(2,14)15)8-5-6(9)3-4-7(8)11(12)13/h3-5H,1-2H3. The number of hydrogen-bond acceptors (Lipinski definition) is 4. The summed E-state index contributed by atoms with van der Waals surface area (Å²) in [6.07, 6.45) is 0.877. The Morgan fingerprint density at radius 2 is 2.00 bits per heavy atom. The molecule has 0 aliphatic heterocycles. The highest BCUT2D eigenvalue weighted by molar-refractivity contribution is 7.92. The minimum Gasteiger partial charge on any atom is -0.267 e. The second-order valence-corrected chi connectivity index (χ2v) is 5.13. The summed E-state index contributed by atoms with van der Waals surface area (Å²) in [5.41, 5.74) is -0.762. The van der Waals surface area contributed by atoms with Gasteiger partial charge in [-0.3, -0.25) is 14.4 Å². The number of sulfonamides is 1. The highest BCUT2D eigenvalue weighted by Gasteiger charge is 2.22. The van der Waals surface area contributed by atoms with E-state index in [1.807, 2.05) is 0 Å². The number of benzene rings is 1. The van der Waals surface area contributed by atoms with Crippen molar-refractivity contribution in [3.63, 3.8) is 0 Å². The molecule has 0 radical (unpaired) electrons. The van der Waals surface area contributed by atoms with Crippen molar-refractivity contribution in [3.05, 3.63) is 34.1 Å². The number of hydrogen-bond donors (Lipinski definition) is 0. The number of halogens is 1. The lowest BCUT2D eigenvalue weighted by molar-refractivity contribution is -0.384. The molecule has 0 N–H and O–H groups in total. The van der Waals surface area contributed by atoms with Gasteiger partial charge in [-0.15, -0.1) is 0 Å². The predicted molar refractivity (Wildman–Crippen MR) is 56.3 cm³/mol. The van der Waals surface area contributed by atoms with Crippen LogP contribution in [0.5, 0.6) is 0 Å². The molecule has 0 spiro atoms. The SMILES string of the molecule is CN(c1cc(F)ccc1[N+](=O)[O-])S(C)(=O)=O. The Bertz CT molecular complexity index is 529. The van der Waals surface area contributed by atoms with Crippen molar-refractivity contribution in [2.45, 2.75) is 0 Å². The van der Waals surface area contributed by atoms with E-state index in [0.717, 1.165) is 31.5 Å². The van der Waals surface area contributed by atoms with Crippen molar-refractivity contribution >= 4 is 21.4 Å². The molecule has 1 aromatic rings. The second kappa shape index (κ2) is 4.05. The van der Waals surface area contributed by atoms with Crippen LogP contribution in [-0.2, 0) is 10.0 Å². The topological polar surface area (TPSA) is 80.5 Å². The minimum atomic E-state index is -3.67. The van der Waals surface area contributed by atoms with E-state index in [2.05, 4.69) is 0 Å². The van der Waals surface area contributed by atoms with Gasteiger partial charge < -0.3 is 0 Å². The van der Waals surface area contributed by atoms with E-state index in [-0.39, 0.29) is 5.69 Å². The molecule has 0 saturated carbocycles. The van der Waals surface area contributed by atoms with Crippen LogP contribution in [0, 0.1) is 15.9 Å². The molecule has 8 heteroatoms. The second-order valence-electron chi connectivity index (χ2n) is 3.12. The lowest BCUT2D eigenvalue weighted by Crippen LogP contribution is -2.25. The number of nitro groups is 1. The van der Waals surface area contributed by atoms with Gasteiger partial charge in [0.05, 0.1) is 11.2 Å². The van der Waals surface area contributed by atoms with Crippen LogP contribution in [0.15, 0.2) is 18.2 Å². The molecule has 6 nitrogen and oxygen atoms in total. The van der Waals surface area contributed by atoms with Gasteiger partial charge in [-0.1, -0.05) is 0 Å². The molecule has 0 atom stereocenters. The molecule has 0 amide bonds. The van der Waals surface area contributed by atoms with Crippen molar-refractivity contribution in [2.24, 2.45) is 0 Å². The van der Waals surface area contributed by atoms with Gasteiger partial charge in [0.15, 0.2) is 0 Å². The van der Waals surface area contributed by atoms with Crippen LogP contribution in [0.3, 0.4) is 0 Å². The number of nitrogens with zero attached hydrogens (tertiary/aromatic N) is 2. The Morgan fingerprint density at radius 3 is 2.44 bits per heavy atom. The molecule has 0 heterocycles. The molecule has 16 heavy (non-hydrogen) atoms. The fraction of sp³-hybridized carbons (Fsp3) is 0.250. The Kier molecular flexibility index (Phi) is 3.13. The molecule has 0 saturated heterocycles. The first kappa shape index (κ1) is 12.4. The summed E-state index contributed by atoms with van der Waals surface area (Å²) in [4.78, 5) is 9.86. The highest BCUT2D eigenvalue weighted by Crippen LogP contribution is 2.29. The normalized spacial score (nSPS) is 11.2. The van der Waals surface area contributed by atoms with E-state index in [1.165, 1.54) is 0 Å². The molecule has 1 rings (SSSR count). The summed E-state index contributed by atoms with van der Waals surface area (Å²) < 4.78 is 36.0. The molecule has 0 fully saturated rings. The average Bonchev–Trinajstić information content (AvgIpc) is 2.14. The third kappa shape index (κ3) is 2.45. The molecular formula is C8H9FN2O4S. The fourth-order valence-electron chi connectivity index (χ4n) is 1.08. The summed E-state index contributed by atoms with van der Waals surface area (Å²) in [6, 6.07) is 2.63. The largest absolute Gasteiger partial charge is 0.293 e. The van der Waals surface area contributed by atoms with Crippen LogP contribution in [0.25, 0.3) is 0 Å². The number of anilines is 1. The summed E-state index contributed by atoms with van der Waals surface area (Å²) >= 11 is 0. The van der Waals surface area contributed by atoms with Gasteiger partial charge in [0.1, 0.15) is 11.5 Å². The molecule has 0 aromatic heterocycles. The van der Waals surface area contributed by atoms with Gasteiger partial charge in [-0.05, 0) is 6.07 Å². The van der Waals surface area contributed by atoms with E-state index < -0.39 is 26.5 Å². The molecule has 0 aliphatic carbocycles. The monoisotopic (exact) mass is 248 g/mol. The van der Waals surface area contributed by atoms with Crippen LogP contribution < -0.4 is 4.31 Å². The molecule has 0 aliphatic rings. The molecule has 88 valence electrons. The first-order valence-electron chi connectivity index (χ1n) is 4.11. The van der Waals surface area contributed by atoms with Gasteiger partial charge in [0.2, 0.25) is 10.0 Å². The minimum absolute atomic E-state index is 0.299. The average molecular weight is 248 g/mol. The lowest BCUT2D eigenvalue weighted by Gasteiger charge is -2.16. The Morgan fingerprint density at radius 1 is 1.44 bits per heavy atom. The zero-order valence-electron chi connectivity index (χ0n) is 8.55. The maximum absolute atomic E-state index is 12.9. The van der Waals surface area contributed by atoms with Gasteiger partial charge in [-0.25, -0.2) is 12.8 Å². The predicted octanol–water partition coefficient (Wildman–Crippen LogP) is 1.13. The van der Waals surface area contributed by atoms with Crippen molar-refractivity contribution in [1.82, 2.24) is 0 Å². The smallest absolute Gasteiger partial charge is 0.267 e. The fourth-order valence-corrected chi connectivity index (χ4v) is 1.59. The van der Waals surface area contributed by atoms with Crippen molar-refractivity contribution in [1.29, 1.82) is 0 Å². The Hall–Kier alpha value is -1.70. The van der Waals surface area contributed by atoms with Crippen LogP contribution >= 0.6 is 0 Å². The van der Waals surface area contributed by atoms with Crippen LogP contribution in [0.4, 0.5) is 15.8 Å².